The Morgan fingerprint density at radius 1 is 1.28 bits per heavy atom. The van der Waals surface area contributed by atoms with E-state index in [-0.39, 0.29) is 22.5 Å². The van der Waals surface area contributed by atoms with Gasteiger partial charge in [-0.3, -0.25) is 9.89 Å². The number of fused-ring (bicyclic) bond motifs is 1. The molecule has 2 N–H and O–H groups in total. The molecular weight excluding hydrogens is 392 g/mol. The van der Waals surface area contributed by atoms with Gasteiger partial charge in [-0.25, -0.2) is 8.42 Å². The number of H-pyrrole nitrogens is 1. The van der Waals surface area contributed by atoms with Crippen LogP contribution in [0.4, 0.5) is 5.69 Å². The maximum absolute atomic E-state index is 13.1. The summed E-state index contributed by atoms with van der Waals surface area (Å²) in [5.74, 6) is -0.00252. The number of ether oxygens (including phenoxy) is 1. The van der Waals surface area contributed by atoms with Gasteiger partial charge in [0.05, 0.1) is 13.3 Å². The van der Waals surface area contributed by atoms with Crippen LogP contribution in [0.2, 0.25) is 0 Å². The highest BCUT2D eigenvalue weighted by Gasteiger charge is 2.30. The van der Waals surface area contributed by atoms with Crippen LogP contribution in [0.1, 0.15) is 36.9 Å². The third-order valence-electron chi connectivity index (χ3n) is 5.75. The fraction of sp³-hybridized carbons (Fsp3) is 0.500. The molecule has 1 amide bonds. The first-order valence-electron chi connectivity index (χ1n) is 9.99. The van der Waals surface area contributed by atoms with Crippen molar-refractivity contribution in [3.63, 3.8) is 0 Å². The highest BCUT2D eigenvalue weighted by atomic mass is 32.2. The Labute approximate surface area is 170 Å². The van der Waals surface area contributed by atoms with Crippen molar-refractivity contribution in [1.29, 1.82) is 0 Å². The van der Waals surface area contributed by atoms with E-state index >= 15 is 0 Å². The van der Waals surface area contributed by atoms with Gasteiger partial charge in [-0.15, -0.1) is 0 Å². The predicted molar refractivity (Wildman–Crippen MR) is 108 cm³/mol. The number of carbonyl (C=O) groups is 1. The van der Waals surface area contributed by atoms with Crippen molar-refractivity contribution in [1.82, 2.24) is 14.5 Å². The van der Waals surface area contributed by atoms with Crippen molar-refractivity contribution >= 4 is 21.6 Å². The van der Waals surface area contributed by atoms with Gasteiger partial charge in [0.15, 0.2) is 0 Å². The smallest absolute Gasteiger partial charge is 0.246 e. The summed E-state index contributed by atoms with van der Waals surface area (Å²) in [7, 11) is -2.23. The second-order valence-electron chi connectivity index (χ2n) is 7.63. The minimum Gasteiger partial charge on any atom is -0.495 e. The molecule has 29 heavy (non-hydrogen) atoms. The normalized spacial score (nSPS) is 20.1. The van der Waals surface area contributed by atoms with Crippen molar-refractivity contribution < 1.29 is 17.9 Å². The second-order valence-corrected chi connectivity index (χ2v) is 9.54. The van der Waals surface area contributed by atoms with Gasteiger partial charge in [-0.05, 0) is 49.4 Å². The Morgan fingerprint density at radius 2 is 2.07 bits per heavy atom. The van der Waals surface area contributed by atoms with E-state index in [9.17, 15) is 13.2 Å². The number of aryl methyl sites for hydroxylation is 1. The number of methoxy groups -OCH3 is 1. The molecule has 0 spiro atoms. The maximum Gasteiger partial charge on any atom is 0.246 e. The van der Waals surface area contributed by atoms with Crippen molar-refractivity contribution in [3.05, 3.63) is 35.7 Å². The number of nitrogens with one attached hydrogen (secondary N) is 2. The minimum absolute atomic E-state index is 0.0965. The van der Waals surface area contributed by atoms with Gasteiger partial charge in [-0.2, -0.15) is 9.40 Å². The molecule has 1 aromatic carbocycles. The van der Waals surface area contributed by atoms with E-state index in [1.807, 2.05) is 6.20 Å². The number of sulfonamides is 1. The lowest BCUT2D eigenvalue weighted by molar-refractivity contribution is -0.120. The Balaban J connectivity index is 1.54. The largest absolute Gasteiger partial charge is 0.495 e. The van der Waals surface area contributed by atoms with E-state index in [2.05, 4.69) is 15.5 Å². The van der Waals surface area contributed by atoms with Gasteiger partial charge in [0.1, 0.15) is 10.6 Å². The summed E-state index contributed by atoms with van der Waals surface area (Å²) in [5.41, 5.74) is 2.62. The maximum atomic E-state index is 13.1. The van der Waals surface area contributed by atoms with Gasteiger partial charge in [0, 0.05) is 36.8 Å². The highest BCUT2D eigenvalue weighted by molar-refractivity contribution is 7.89. The molecule has 1 atom stereocenters. The van der Waals surface area contributed by atoms with Crippen LogP contribution in [0, 0.1) is 5.92 Å². The van der Waals surface area contributed by atoms with Crippen LogP contribution >= 0.6 is 0 Å². The number of hydrogen-bond donors (Lipinski definition) is 2. The van der Waals surface area contributed by atoms with Crippen molar-refractivity contribution in [3.8, 4) is 5.75 Å². The number of nitrogens with zero attached hydrogens (tertiary/aromatic N) is 2. The third kappa shape index (κ3) is 4.02. The van der Waals surface area contributed by atoms with Crippen LogP contribution in [0.3, 0.4) is 0 Å². The summed E-state index contributed by atoms with van der Waals surface area (Å²) < 4.78 is 33.1. The molecule has 8 nitrogen and oxygen atoms in total. The van der Waals surface area contributed by atoms with Gasteiger partial charge in [-0.1, -0.05) is 6.42 Å². The lowest BCUT2D eigenvalue weighted by Gasteiger charge is -2.27. The minimum atomic E-state index is -3.68. The predicted octanol–water partition coefficient (Wildman–Crippen LogP) is 2.34. The first kappa shape index (κ1) is 19.9. The number of rotatable bonds is 5. The molecule has 9 heteroatoms. The van der Waals surface area contributed by atoms with Crippen LogP contribution < -0.4 is 10.1 Å². The Kier molecular flexibility index (Phi) is 5.60. The molecule has 156 valence electrons. The standard InChI is InChI=1S/C20H26N4O4S/c1-28-18-8-7-16(12-19(18)29(26,27)24-9-3-2-4-10-24)22-20(25)14-5-6-15-13-21-23-17(15)11-14/h7-8,12-14H,2-6,9-11H2,1H3,(H,21,23)(H,22,25). The summed E-state index contributed by atoms with van der Waals surface area (Å²) in [5, 5.41) is 9.89. The molecule has 1 aliphatic heterocycles. The second kappa shape index (κ2) is 8.16. The van der Waals surface area contributed by atoms with Crippen LogP contribution in [-0.4, -0.2) is 49.0 Å². The number of amides is 1. The van der Waals surface area contributed by atoms with E-state index in [0.717, 1.165) is 43.4 Å². The van der Waals surface area contributed by atoms with Gasteiger partial charge < -0.3 is 10.1 Å². The van der Waals surface area contributed by atoms with Crippen LogP contribution in [0.15, 0.2) is 29.3 Å². The molecule has 0 saturated carbocycles. The highest BCUT2D eigenvalue weighted by Crippen LogP contribution is 2.32. The Bertz CT molecular complexity index is 996. The van der Waals surface area contributed by atoms with Gasteiger partial charge in [0.2, 0.25) is 15.9 Å². The molecule has 2 heterocycles. The quantitative estimate of drug-likeness (QED) is 0.776. The first-order chi connectivity index (χ1) is 14.0. The molecular formula is C20H26N4O4S. The molecule has 1 aromatic heterocycles. The molecule has 1 unspecified atom stereocenters. The topological polar surface area (TPSA) is 104 Å². The molecule has 4 rings (SSSR count). The van der Waals surface area contributed by atoms with Gasteiger partial charge >= 0.3 is 0 Å². The summed E-state index contributed by atoms with van der Waals surface area (Å²) in [4.78, 5) is 12.9. The Morgan fingerprint density at radius 3 is 2.83 bits per heavy atom. The number of benzene rings is 1. The van der Waals surface area contributed by atoms with E-state index in [1.165, 1.54) is 17.5 Å². The van der Waals surface area contributed by atoms with E-state index < -0.39 is 10.0 Å². The van der Waals surface area contributed by atoms with Crippen LogP contribution in [0.5, 0.6) is 5.75 Å². The molecule has 0 radical (unpaired) electrons. The SMILES string of the molecule is COc1ccc(NC(=O)C2CCc3cn[nH]c3C2)cc1S(=O)(=O)N1CCCCC1. The van der Waals surface area contributed by atoms with E-state index in [4.69, 9.17) is 4.74 Å². The zero-order valence-corrected chi connectivity index (χ0v) is 17.3. The number of carbonyl (C=O) groups excluding carboxylic acids is 1. The lowest BCUT2D eigenvalue weighted by atomic mass is 9.87. The molecule has 2 aliphatic rings. The van der Waals surface area contributed by atoms with Gasteiger partial charge in [0.25, 0.3) is 0 Å². The van der Waals surface area contributed by atoms with Crippen molar-refractivity contribution in [2.45, 2.75) is 43.4 Å². The molecule has 1 fully saturated rings. The monoisotopic (exact) mass is 418 g/mol. The number of aromatic nitrogens is 2. The summed E-state index contributed by atoms with van der Waals surface area (Å²) in [6.45, 7) is 1.02. The zero-order valence-electron chi connectivity index (χ0n) is 16.5. The fourth-order valence-electron chi connectivity index (χ4n) is 4.08. The summed E-state index contributed by atoms with van der Waals surface area (Å²) in [6, 6.07) is 4.78. The molecule has 1 saturated heterocycles. The number of aromatic amines is 1. The summed E-state index contributed by atoms with van der Waals surface area (Å²) in [6.07, 6.45) is 6.72. The average Bonchev–Trinajstić information content (AvgIpc) is 3.22. The first-order valence-corrected chi connectivity index (χ1v) is 11.4. The summed E-state index contributed by atoms with van der Waals surface area (Å²) >= 11 is 0. The van der Waals surface area contributed by atoms with Crippen molar-refractivity contribution in [2.24, 2.45) is 5.92 Å². The third-order valence-corrected chi connectivity index (χ3v) is 7.67. The fourth-order valence-corrected chi connectivity index (χ4v) is 5.78. The average molecular weight is 419 g/mol. The van der Waals surface area contributed by atoms with Crippen molar-refractivity contribution in [2.75, 3.05) is 25.5 Å². The van der Waals surface area contributed by atoms with E-state index in [0.29, 0.717) is 25.2 Å². The number of piperidine rings is 1. The van der Waals surface area contributed by atoms with E-state index in [1.54, 1.807) is 12.1 Å². The molecule has 2 aromatic rings. The molecule has 1 aliphatic carbocycles. The van der Waals surface area contributed by atoms with Crippen LogP contribution in [0.25, 0.3) is 0 Å². The van der Waals surface area contributed by atoms with Crippen LogP contribution in [-0.2, 0) is 27.7 Å². The number of anilines is 1. The Hall–Kier alpha value is -2.39. The number of hydrogen-bond acceptors (Lipinski definition) is 5. The lowest BCUT2D eigenvalue weighted by Crippen LogP contribution is -2.35. The molecule has 0 bridgehead atoms. The zero-order chi connectivity index (χ0) is 20.4.